The van der Waals surface area contributed by atoms with E-state index in [1.54, 1.807) is 43.3 Å². The van der Waals surface area contributed by atoms with E-state index in [0.717, 1.165) is 5.56 Å². The summed E-state index contributed by atoms with van der Waals surface area (Å²) in [6.07, 6.45) is 0. The van der Waals surface area contributed by atoms with Crippen LogP contribution in [0.25, 0.3) is 0 Å². The van der Waals surface area contributed by atoms with Gasteiger partial charge < -0.3 is 14.8 Å². The van der Waals surface area contributed by atoms with Gasteiger partial charge in [0.25, 0.3) is 5.91 Å². The molecular weight excluding hydrogens is 392 g/mol. The molecule has 0 unspecified atom stereocenters. The second-order valence-electron chi connectivity index (χ2n) is 6.46. The average molecular weight is 421 g/mol. The summed E-state index contributed by atoms with van der Waals surface area (Å²) in [6, 6.07) is 12.2. The molecule has 0 aliphatic heterocycles. The molecule has 0 aliphatic carbocycles. The molecule has 2 aromatic carbocycles. The molecule has 2 N–H and O–H groups in total. The smallest absolute Gasteiger partial charge is 0.255 e. The Bertz CT molecular complexity index is 928. The van der Waals surface area contributed by atoms with Crippen LogP contribution in [-0.2, 0) is 14.8 Å². The second kappa shape index (κ2) is 10.9. The van der Waals surface area contributed by atoms with Gasteiger partial charge in [0.05, 0.1) is 17.1 Å². The first-order valence-corrected chi connectivity index (χ1v) is 11.0. The van der Waals surface area contributed by atoms with Gasteiger partial charge >= 0.3 is 0 Å². The third-order valence-electron chi connectivity index (χ3n) is 4.16. The topological polar surface area (TPSA) is 93.7 Å². The molecular formula is C21H28N2O5S. The fourth-order valence-corrected chi connectivity index (χ4v) is 4.03. The number of carbonyl (C=O) groups is 1. The molecule has 29 heavy (non-hydrogen) atoms. The summed E-state index contributed by atoms with van der Waals surface area (Å²) in [7, 11) is -3.64. The van der Waals surface area contributed by atoms with Gasteiger partial charge in [-0.25, -0.2) is 13.1 Å². The van der Waals surface area contributed by atoms with Gasteiger partial charge in [-0.2, -0.15) is 0 Å². The van der Waals surface area contributed by atoms with Crippen LogP contribution in [0.1, 0.15) is 28.4 Å². The van der Waals surface area contributed by atoms with Crippen LogP contribution in [0.15, 0.2) is 47.4 Å². The summed E-state index contributed by atoms with van der Waals surface area (Å²) in [5.74, 6) is 0.128. The van der Waals surface area contributed by atoms with Crippen molar-refractivity contribution >= 4 is 15.9 Å². The van der Waals surface area contributed by atoms with Crippen LogP contribution in [0.3, 0.4) is 0 Å². The minimum absolute atomic E-state index is 0.0782. The maximum absolute atomic E-state index is 12.5. The second-order valence-corrected chi connectivity index (χ2v) is 8.20. The van der Waals surface area contributed by atoms with Crippen molar-refractivity contribution in [2.45, 2.75) is 25.7 Å². The Morgan fingerprint density at radius 3 is 2.55 bits per heavy atom. The van der Waals surface area contributed by atoms with Crippen molar-refractivity contribution in [3.63, 3.8) is 0 Å². The quantitative estimate of drug-likeness (QED) is 0.545. The first kappa shape index (κ1) is 22.9. The Hall–Kier alpha value is -2.42. The van der Waals surface area contributed by atoms with Crippen molar-refractivity contribution in [1.82, 2.24) is 10.0 Å². The molecule has 0 saturated heterocycles. The van der Waals surface area contributed by atoms with E-state index in [9.17, 15) is 13.2 Å². The number of amides is 1. The van der Waals surface area contributed by atoms with Gasteiger partial charge in [-0.05, 0) is 50.1 Å². The average Bonchev–Trinajstić information content (AvgIpc) is 2.70. The third-order valence-corrected chi connectivity index (χ3v) is 5.76. The molecule has 0 atom stereocenters. The molecule has 8 heteroatoms. The molecule has 0 radical (unpaired) electrons. The summed E-state index contributed by atoms with van der Waals surface area (Å²) >= 11 is 0. The van der Waals surface area contributed by atoms with Gasteiger partial charge in [0.2, 0.25) is 10.0 Å². The lowest BCUT2D eigenvalue weighted by molar-refractivity contribution is 0.0937. The fourth-order valence-electron chi connectivity index (χ4n) is 2.67. The van der Waals surface area contributed by atoms with Gasteiger partial charge in [0.1, 0.15) is 12.4 Å². The number of hydrogen-bond donors (Lipinski definition) is 2. The Labute approximate surface area is 172 Å². The molecule has 1 amide bonds. The molecule has 0 heterocycles. The molecule has 0 aliphatic rings. The van der Waals surface area contributed by atoms with Gasteiger partial charge in [-0.3, -0.25) is 4.79 Å². The zero-order valence-corrected chi connectivity index (χ0v) is 17.8. The lowest BCUT2D eigenvalue weighted by Gasteiger charge is -2.13. The minimum Gasteiger partial charge on any atom is -0.490 e. The summed E-state index contributed by atoms with van der Waals surface area (Å²) < 4.78 is 38.3. The van der Waals surface area contributed by atoms with Gasteiger partial charge in [0, 0.05) is 19.7 Å². The van der Waals surface area contributed by atoms with Crippen molar-refractivity contribution in [2.75, 3.05) is 32.9 Å². The number of hydrogen-bond acceptors (Lipinski definition) is 5. The number of sulfonamides is 1. The van der Waals surface area contributed by atoms with Gasteiger partial charge in [-0.15, -0.1) is 0 Å². The van der Waals surface area contributed by atoms with E-state index in [1.165, 1.54) is 0 Å². The predicted molar refractivity (Wildman–Crippen MR) is 112 cm³/mol. The molecule has 158 valence electrons. The monoisotopic (exact) mass is 420 g/mol. The molecule has 0 fully saturated rings. The summed E-state index contributed by atoms with van der Waals surface area (Å²) in [6.45, 7) is 7.09. The first-order valence-electron chi connectivity index (χ1n) is 9.50. The van der Waals surface area contributed by atoms with E-state index in [2.05, 4.69) is 10.0 Å². The van der Waals surface area contributed by atoms with Crippen LogP contribution in [-0.4, -0.2) is 47.2 Å². The zero-order valence-electron chi connectivity index (χ0n) is 17.0. The SMILES string of the molecule is CCOCCOc1ccccc1C(=O)NCCNS(=O)(=O)c1cc(C)ccc1C. The number of ether oxygens (including phenoxy) is 2. The standard InChI is InChI=1S/C21H28N2O5S/c1-4-27-13-14-28-19-8-6-5-7-18(19)21(24)22-11-12-23-29(25,26)20-15-16(2)9-10-17(20)3/h5-10,15,23H,4,11-14H2,1-3H3,(H,22,24). The highest BCUT2D eigenvalue weighted by Crippen LogP contribution is 2.18. The van der Waals surface area contributed by atoms with Crippen molar-refractivity contribution in [3.8, 4) is 5.75 Å². The van der Waals surface area contributed by atoms with Crippen LogP contribution >= 0.6 is 0 Å². The zero-order chi connectivity index (χ0) is 21.3. The van der Waals surface area contributed by atoms with Crippen LogP contribution < -0.4 is 14.8 Å². The van der Waals surface area contributed by atoms with Crippen LogP contribution in [0, 0.1) is 13.8 Å². The Morgan fingerprint density at radius 1 is 1.03 bits per heavy atom. The van der Waals surface area contributed by atoms with E-state index in [4.69, 9.17) is 9.47 Å². The van der Waals surface area contributed by atoms with E-state index >= 15 is 0 Å². The number of aryl methyl sites for hydroxylation is 2. The molecule has 7 nitrogen and oxygen atoms in total. The van der Waals surface area contributed by atoms with Crippen LogP contribution in [0.4, 0.5) is 0 Å². The minimum atomic E-state index is -3.64. The fraction of sp³-hybridized carbons (Fsp3) is 0.381. The lowest BCUT2D eigenvalue weighted by atomic mass is 10.2. The maximum Gasteiger partial charge on any atom is 0.255 e. The molecule has 0 bridgehead atoms. The van der Waals surface area contributed by atoms with Crippen LogP contribution in [0.5, 0.6) is 5.75 Å². The van der Waals surface area contributed by atoms with Gasteiger partial charge in [-0.1, -0.05) is 24.3 Å². The number of carbonyl (C=O) groups excluding carboxylic acids is 1. The highest BCUT2D eigenvalue weighted by atomic mass is 32.2. The highest BCUT2D eigenvalue weighted by Gasteiger charge is 2.17. The van der Waals surface area contributed by atoms with E-state index in [0.29, 0.717) is 36.7 Å². The van der Waals surface area contributed by atoms with Crippen molar-refractivity contribution in [3.05, 3.63) is 59.2 Å². The predicted octanol–water partition coefficient (Wildman–Crippen LogP) is 2.43. The number of nitrogens with one attached hydrogen (secondary N) is 2. The van der Waals surface area contributed by atoms with Gasteiger partial charge in [0.15, 0.2) is 0 Å². The first-order chi connectivity index (χ1) is 13.8. The van der Waals surface area contributed by atoms with Crippen molar-refractivity contribution in [2.24, 2.45) is 0 Å². The summed E-state index contributed by atoms with van der Waals surface area (Å²) in [4.78, 5) is 12.7. The van der Waals surface area contributed by atoms with E-state index in [-0.39, 0.29) is 23.9 Å². The Balaban J connectivity index is 1.89. The number of benzene rings is 2. The summed E-state index contributed by atoms with van der Waals surface area (Å²) in [5.41, 5.74) is 1.93. The molecule has 0 saturated carbocycles. The van der Waals surface area contributed by atoms with Crippen molar-refractivity contribution in [1.29, 1.82) is 0 Å². The number of rotatable bonds is 11. The van der Waals surface area contributed by atoms with Crippen molar-refractivity contribution < 1.29 is 22.7 Å². The molecule has 2 aromatic rings. The Kier molecular flexibility index (Phi) is 8.63. The highest BCUT2D eigenvalue weighted by molar-refractivity contribution is 7.89. The largest absolute Gasteiger partial charge is 0.490 e. The van der Waals surface area contributed by atoms with E-state index in [1.807, 2.05) is 19.9 Å². The molecule has 2 rings (SSSR count). The Morgan fingerprint density at radius 2 is 1.79 bits per heavy atom. The normalized spacial score (nSPS) is 11.3. The lowest BCUT2D eigenvalue weighted by Crippen LogP contribution is -2.35. The maximum atomic E-state index is 12.5. The molecule has 0 aromatic heterocycles. The third kappa shape index (κ3) is 6.85. The van der Waals surface area contributed by atoms with E-state index < -0.39 is 10.0 Å². The molecule has 0 spiro atoms. The number of para-hydroxylation sites is 1. The van der Waals surface area contributed by atoms with Crippen LogP contribution in [0.2, 0.25) is 0 Å². The summed E-state index contributed by atoms with van der Waals surface area (Å²) in [5, 5.41) is 2.71.